The Hall–Kier alpha value is -2.44. The molecular formula is C22H29FN4O. The Bertz CT molecular complexity index is 775. The van der Waals surface area contributed by atoms with Gasteiger partial charge < -0.3 is 15.4 Å². The molecule has 0 unspecified atom stereocenters. The summed E-state index contributed by atoms with van der Waals surface area (Å²) in [7, 11) is 1.74. The number of morpholine rings is 1. The van der Waals surface area contributed by atoms with Gasteiger partial charge in [0.25, 0.3) is 0 Å². The van der Waals surface area contributed by atoms with Gasteiger partial charge in [-0.05, 0) is 29.2 Å². The molecular weight excluding hydrogens is 355 g/mol. The molecule has 3 rings (SSSR count). The minimum Gasteiger partial charge on any atom is -0.379 e. The number of benzene rings is 2. The van der Waals surface area contributed by atoms with Crippen LogP contribution in [0, 0.1) is 5.82 Å². The van der Waals surface area contributed by atoms with E-state index in [0.29, 0.717) is 25.1 Å². The van der Waals surface area contributed by atoms with Crippen molar-refractivity contribution in [2.45, 2.75) is 19.5 Å². The molecule has 0 radical (unpaired) electrons. The van der Waals surface area contributed by atoms with Gasteiger partial charge >= 0.3 is 0 Å². The molecule has 0 atom stereocenters. The summed E-state index contributed by atoms with van der Waals surface area (Å²) < 4.78 is 19.1. The van der Waals surface area contributed by atoms with Crippen LogP contribution in [0.3, 0.4) is 0 Å². The van der Waals surface area contributed by atoms with E-state index in [4.69, 9.17) is 4.74 Å². The molecule has 1 aliphatic heterocycles. The Kier molecular flexibility index (Phi) is 7.82. The van der Waals surface area contributed by atoms with Crippen molar-refractivity contribution in [2.24, 2.45) is 4.99 Å². The maximum atomic E-state index is 13.7. The van der Waals surface area contributed by atoms with Crippen molar-refractivity contribution in [3.05, 3.63) is 71.0 Å². The molecule has 150 valence electrons. The Morgan fingerprint density at radius 2 is 1.86 bits per heavy atom. The minimum absolute atomic E-state index is 0.163. The van der Waals surface area contributed by atoms with E-state index in [9.17, 15) is 4.39 Å². The van der Waals surface area contributed by atoms with E-state index in [-0.39, 0.29) is 5.82 Å². The molecule has 6 heteroatoms. The van der Waals surface area contributed by atoms with Gasteiger partial charge in [0.1, 0.15) is 5.82 Å². The second-order valence-corrected chi connectivity index (χ2v) is 6.90. The van der Waals surface area contributed by atoms with E-state index in [0.717, 1.165) is 38.8 Å². The molecule has 2 N–H and O–H groups in total. The maximum Gasteiger partial charge on any atom is 0.191 e. The lowest BCUT2D eigenvalue weighted by molar-refractivity contribution is 0.0342. The van der Waals surface area contributed by atoms with E-state index < -0.39 is 0 Å². The lowest BCUT2D eigenvalue weighted by Gasteiger charge is -2.26. The average Bonchev–Trinajstić information content (AvgIpc) is 2.73. The van der Waals surface area contributed by atoms with Crippen molar-refractivity contribution in [1.82, 2.24) is 15.5 Å². The SMILES string of the molecule is CN=C(NCCc1ccccc1F)NCc1cccc(CN2CCOCC2)c1. The molecule has 0 bridgehead atoms. The van der Waals surface area contributed by atoms with Crippen LogP contribution in [0.4, 0.5) is 4.39 Å². The number of rotatable bonds is 7. The van der Waals surface area contributed by atoms with Crippen LogP contribution in [0.1, 0.15) is 16.7 Å². The van der Waals surface area contributed by atoms with Gasteiger partial charge in [0, 0.05) is 39.8 Å². The lowest BCUT2D eigenvalue weighted by Crippen LogP contribution is -2.38. The second-order valence-electron chi connectivity index (χ2n) is 6.90. The predicted molar refractivity (Wildman–Crippen MR) is 111 cm³/mol. The molecule has 0 saturated carbocycles. The summed E-state index contributed by atoms with van der Waals surface area (Å²) in [6.07, 6.45) is 0.613. The fraction of sp³-hybridized carbons (Fsp3) is 0.409. The van der Waals surface area contributed by atoms with Gasteiger partial charge in [0.05, 0.1) is 13.2 Å². The first kappa shape index (κ1) is 20.3. The minimum atomic E-state index is -0.163. The average molecular weight is 384 g/mol. The number of ether oxygens (including phenoxy) is 1. The predicted octanol–water partition coefficient (Wildman–Crippen LogP) is 2.57. The highest BCUT2D eigenvalue weighted by Crippen LogP contribution is 2.10. The van der Waals surface area contributed by atoms with E-state index >= 15 is 0 Å². The molecule has 1 heterocycles. The maximum absolute atomic E-state index is 13.7. The van der Waals surface area contributed by atoms with Crippen LogP contribution in [0.2, 0.25) is 0 Å². The third kappa shape index (κ3) is 6.32. The van der Waals surface area contributed by atoms with Gasteiger partial charge in [0.2, 0.25) is 0 Å². The van der Waals surface area contributed by atoms with Crippen molar-refractivity contribution in [3.63, 3.8) is 0 Å². The van der Waals surface area contributed by atoms with Crippen molar-refractivity contribution >= 4 is 5.96 Å². The number of hydrogen-bond donors (Lipinski definition) is 2. The van der Waals surface area contributed by atoms with Crippen LogP contribution in [0.25, 0.3) is 0 Å². The third-order valence-electron chi connectivity index (χ3n) is 4.83. The summed E-state index contributed by atoms with van der Waals surface area (Å²) in [6, 6.07) is 15.5. The molecule has 0 spiro atoms. The number of aliphatic imine (C=N–C) groups is 1. The van der Waals surface area contributed by atoms with E-state index in [1.54, 1.807) is 13.1 Å². The van der Waals surface area contributed by atoms with Crippen LogP contribution in [0.5, 0.6) is 0 Å². The molecule has 1 saturated heterocycles. The first-order valence-electron chi connectivity index (χ1n) is 9.80. The van der Waals surface area contributed by atoms with E-state index in [1.165, 1.54) is 17.2 Å². The molecule has 0 aliphatic carbocycles. The normalized spacial score (nSPS) is 15.4. The first-order chi connectivity index (χ1) is 13.7. The molecule has 28 heavy (non-hydrogen) atoms. The van der Waals surface area contributed by atoms with Crippen LogP contribution in [0.15, 0.2) is 53.5 Å². The molecule has 1 aliphatic rings. The summed E-state index contributed by atoms with van der Waals surface area (Å²) in [5.74, 6) is 0.555. The first-order valence-corrected chi connectivity index (χ1v) is 9.80. The van der Waals surface area contributed by atoms with Crippen molar-refractivity contribution < 1.29 is 9.13 Å². The van der Waals surface area contributed by atoms with Crippen molar-refractivity contribution in [3.8, 4) is 0 Å². The standard InChI is InChI=1S/C22H29FN4O/c1-24-22(25-10-9-20-7-2-3-8-21(20)23)26-16-18-5-4-6-19(15-18)17-27-11-13-28-14-12-27/h2-8,15H,9-14,16-17H2,1H3,(H2,24,25,26). The van der Waals surface area contributed by atoms with Crippen LogP contribution in [-0.4, -0.2) is 50.8 Å². The zero-order valence-electron chi connectivity index (χ0n) is 16.5. The highest BCUT2D eigenvalue weighted by atomic mass is 19.1. The fourth-order valence-corrected chi connectivity index (χ4v) is 3.28. The van der Waals surface area contributed by atoms with Gasteiger partial charge in [-0.1, -0.05) is 42.5 Å². The highest BCUT2D eigenvalue weighted by molar-refractivity contribution is 5.79. The molecule has 2 aromatic rings. The van der Waals surface area contributed by atoms with Crippen molar-refractivity contribution in [1.29, 1.82) is 0 Å². The summed E-state index contributed by atoms with van der Waals surface area (Å²) in [5.41, 5.74) is 3.23. The van der Waals surface area contributed by atoms with Gasteiger partial charge in [-0.15, -0.1) is 0 Å². The number of hydrogen-bond acceptors (Lipinski definition) is 3. The van der Waals surface area contributed by atoms with Gasteiger partial charge in [0.15, 0.2) is 5.96 Å². The Labute approximate surface area is 166 Å². The zero-order chi connectivity index (χ0) is 19.6. The number of halogens is 1. The van der Waals surface area contributed by atoms with E-state index in [1.807, 2.05) is 12.1 Å². The quantitative estimate of drug-likeness (QED) is 0.569. The zero-order valence-corrected chi connectivity index (χ0v) is 16.5. The van der Waals surface area contributed by atoms with Gasteiger partial charge in [-0.25, -0.2) is 4.39 Å². The summed E-state index contributed by atoms with van der Waals surface area (Å²) >= 11 is 0. The smallest absolute Gasteiger partial charge is 0.191 e. The molecule has 5 nitrogen and oxygen atoms in total. The Balaban J connectivity index is 1.45. The van der Waals surface area contributed by atoms with Crippen LogP contribution < -0.4 is 10.6 Å². The largest absolute Gasteiger partial charge is 0.379 e. The van der Waals surface area contributed by atoms with Crippen molar-refractivity contribution in [2.75, 3.05) is 39.9 Å². The summed E-state index contributed by atoms with van der Waals surface area (Å²) in [5, 5.41) is 6.57. The molecule has 0 aromatic heterocycles. The molecule has 2 aromatic carbocycles. The molecule has 0 amide bonds. The Morgan fingerprint density at radius 1 is 1.07 bits per heavy atom. The topological polar surface area (TPSA) is 48.9 Å². The summed E-state index contributed by atoms with van der Waals surface area (Å²) in [6.45, 7) is 5.87. The summed E-state index contributed by atoms with van der Waals surface area (Å²) in [4.78, 5) is 6.67. The van der Waals surface area contributed by atoms with Crippen LogP contribution >= 0.6 is 0 Å². The van der Waals surface area contributed by atoms with Crippen LogP contribution in [-0.2, 0) is 24.2 Å². The Morgan fingerprint density at radius 3 is 2.64 bits per heavy atom. The highest BCUT2D eigenvalue weighted by Gasteiger charge is 2.10. The number of nitrogens with zero attached hydrogens (tertiary/aromatic N) is 2. The fourth-order valence-electron chi connectivity index (χ4n) is 3.28. The van der Waals surface area contributed by atoms with E-state index in [2.05, 4.69) is 44.8 Å². The second kappa shape index (κ2) is 10.8. The van der Waals surface area contributed by atoms with Gasteiger partial charge in [-0.3, -0.25) is 9.89 Å². The third-order valence-corrected chi connectivity index (χ3v) is 4.83. The number of guanidine groups is 1. The lowest BCUT2D eigenvalue weighted by atomic mass is 10.1. The molecule has 1 fully saturated rings. The number of nitrogens with one attached hydrogen (secondary N) is 2. The monoisotopic (exact) mass is 384 g/mol. The van der Waals surface area contributed by atoms with Gasteiger partial charge in [-0.2, -0.15) is 0 Å².